The van der Waals surface area contributed by atoms with Crippen molar-refractivity contribution in [1.82, 2.24) is 19.4 Å². The topological polar surface area (TPSA) is 111 Å². The van der Waals surface area contributed by atoms with E-state index in [9.17, 15) is 18.4 Å². The molecule has 1 atom stereocenters. The van der Waals surface area contributed by atoms with Gasteiger partial charge in [0.2, 0.25) is 18.2 Å². The van der Waals surface area contributed by atoms with Gasteiger partial charge in [0, 0.05) is 42.0 Å². The van der Waals surface area contributed by atoms with Gasteiger partial charge < -0.3 is 24.7 Å². The number of carbonyl (C=O) groups excluding carboxylic acids is 2. The molecule has 0 saturated heterocycles. The van der Waals surface area contributed by atoms with E-state index in [1.54, 1.807) is 18.2 Å². The number of nitrogens with one attached hydrogen (secondary N) is 2. The molecule has 10 nitrogen and oxygen atoms in total. The molecule has 1 unspecified atom stereocenters. The lowest BCUT2D eigenvalue weighted by Crippen LogP contribution is -2.30. The molecule has 2 N–H and O–H groups in total. The fourth-order valence-corrected chi connectivity index (χ4v) is 7.43. The number of benzene rings is 3. The molecule has 5 aromatic rings. The zero-order chi connectivity index (χ0) is 41.4. The summed E-state index contributed by atoms with van der Waals surface area (Å²) < 4.78 is 41.6. The summed E-state index contributed by atoms with van der Waals surface area (Å²) in [7, 11) is 0. The van der Waals surface area contributed by atoms with Gasteiger partial charge in [-0.1, -0.05) is 56.6 Å². The largest absolute Gasteiger partial charge is 0.473 e. The van der Waals surface area contributed by atoms with Crippen molar-refractivity contribution in [3.05, 3.63) is 118 Å². The number of fused-ring (bicyclic) bond motifs is 3. The Hall–Kier alpha value is -5.17. The molecule has 1 aliphatic carbocycles. The molecule has 8 rings (SSSR count). The third-order valence-electron chi connectivity index (χ3n) is 10.4. The van der Waals surface area contributed by atoms with E-state index >= 15 is 0 Å². The molecule has 13 heteroatoms. The van der Waals surface area contributed by atoms with Crippen molar-refractivity contribution >= 4 is 51.9 Å². The maximum Gasteiger partial charge on any atom is 0.235 e. The maximum absolute atomic E-state index is 14.1. The second kappa shape index (κ2) is 19.1. The van der Waals surface area contributed by atoms with Gasteiger partial charge in [0.05, 0.1) is 47.0 Å². The van der Waals surface area contributed by atoms with Gasteiger partial charge in [0.25, 0.3) is 0 Å². The summed E-state index contributed by atoms with van der Waals surface area (Å²) in [6.45, 7) is 13.8. The van der Waals surface area contributed by atoms with Crippen molar-refractivity contribution in [1.29, 1.82) is 0 Å². The van der Waals surface area contributed by atoms with Gasteiger partial charge in [0.1, 0.15) is 24.1 Å². The quantitative estimate of drug-likeness (QED) is 0.114. The smallest absolute Gasteiger partial charge is 0.235 e. The third-order valence-corrected chi connectivity index (χ3v) is 10.6. The molecular formula is C45H51ClF2N6O4. The first-order valence-electron chi connectivity index (χ1n) is 20.0. The van der Waals surface area contributed by atoms with Gasteiger partial charge >= 0.3 is 0 Å². The van der Waals surface area contributed by atoms with Crippen molar-refractivity contribution in [2.24, 2.45) is 0 Å². The average molecular weight is 813 g/mol. The molecule has 1 saturated carbocycles. The van der Waals surface area contributed by atoms with Crippen molar-refractivity contribution < 1.29 is 27.8 Å². The summed E-state index contributed by atoms with van der Waals surface area (Å²) >= 11 is 5.85. The third kappa shape index (κ3) is 9.74. The Kier molecular flexibility index (Phi) is 13.9. The summed E-state index contributed by atoms with van der Waals surface area (Å²) in [6.07, 6.45) is 6.41. The first kappa shape index (κ1) is 42.4. The Morgan fingerprint density at radius 1 is 1.05 bits per heavy atom. The number of aryl methyl sites for hydroxylation is 1. The number of hydrogen-bond acceptors (Lipinski definition) is 7. The first-order chi connectivity index (χ1) is 28.1. The van der Waals surface area contributed by atoms with E-state index in [-0.39, 0.29) is 29.9 Å². The van der Waals surface area contributed by atoms with Crippen molar-refractivity contribution in [3.63, 3.8) is 0 Å². The number of rotatable bonds is 13. The van der Waals surface area contributed by atoms with Crippen LogP contribution >= 0.6 is 11.6 Å². The molecule has 3 aromatic carbocycles. The Labute approximate surface area is 343 Å². The van der Waals surface area contributed by atoms with E-state index in [1.807, 2.05) is 57.2 Å². The molecule has 0 bridgehead atoms. The van der Waals surface area contributed by atoms with Crippen molar-refractivity contribution in [2.45, 2.75) is 91.5 Å². The van der Waals surface area contributed by atoms with Crippen LogP contribution in [-0.2, 0) is 39.4 Å². The molecular weight excluding hydrogens is 762 g/mol. The van der Waals surface area contributed by atoms with Crippen LogP contribution < -0.4 is 15.4 Å². The summed E-state index contributed by atoms with van der Waals surface area (Å²) in [5, 5.41) is 5.70. The lowest BCUT2D eigenvalue weighted by atomic mass is 9.96. The number of imidazole rings is 1. The van der Waals surface area contributed by atoms with E-state index in [0.29, 0.717) is 53.9 Å². The number of pyridine rings is 1. The average Bonchev–Trinajstić information content (AvgIpc) is 3.90. The predicted molar refractivity (Wildman–Crippen MR) is 225 cm³/mol. The SMILES string of the molecule is CC.CCCOC(C)Cn1c(CN2CC=C(c3cccc(OCc4ccc(Cl)cc4F)n3)CC2)nc2cc(NC=O)ccc21.Cc1cc(F)c2c(c1)C1(CC1)C(=O)N2. The molecule has 2 amide bonds. The Balaban J connectivity index is 0.000000293. The van der Waals surface area contributed by atoms with Gasteiger partial charge in [0.15, 0.2) is 0 Å². The van der Waals surface area contributed by atoms with Crippen LogP contribution in [0.2, 0.25) is 5.02 Å². The van der Waals surface area contributed by atoms with E-state index in [0.717, 1.165) is 78.0 Å². The highest BCUT2D eigenvalue weighted by Crippen LogP contribution is 2.55. The minimum absolute atomic E-state index is 0.0306. The Bertz CT molecular complexity index is 2290. The van der Waals surface area contributed by atoms with Crippen LogP contribution in [0.1, 0.15) is 81.6 Å². The number of nitrogens with zero attached hydrogens (tertiary/aromatic N) is 4. The van der Waals surface area contributed by atoms with Crippen LogP contribution in [0.5, 0.6) is 5.88 Å². The van der Waals surface area contributed by atoms with Gasteiger partial charge in [-0.3, -0.25) is 14.5 Å². The molecule has 3 aliphatic rings. The van der Waals surface area contributed by atoms with Gasteiger partial charge in [-0.05, 0) is 98.7 Å². The van der Waals surface area contributed by atoms with E-state index in [4.69, 9.17) is 26.1 Å². The zero-order valence-corrected chi connectivity index (χ0v) is 34.5. The second-order valence-electron chi connectivity index (χ2n) is 14.6. The lowest BCUT2D eigenvalue weighted by Gasteiger charge is -2.26. The van der Waals surface area contributed by atoms with E-state index < -0.39 is 5.82 Å². The number of aromatic nitrogens is 3. The van der Waals surface area contributed by atoms with Gasteiger partial charge in [-0.2, -0.15) is 0 Å². The highest BCUT2D eigenvalue weighted by Gasteiger charge is 2.56. The standard InChI is InChI=1S/C32H35ClFN5O3.C11H10FNO.C2H6/c1-3-15-41-22(2)18-39-30-10-9-26(35-21-40)17-29(30)36-31(39)19-38-13-11-23(12-14-38)28-5-4-6-32(37-28)42-20-24-7-8-25(33)16-27(24)34;1-6-4-7-9(8(12)5-6)13-10(14)11(7)2-3-11;1-2/h4-11,16-17,21-22H,3,12-15,18-20H2,1-2H3,(H,35,40);4-5H,2-3H2,1H3,(H,13,14);1-2H3. The minimum Gasteiger partial charge on any atom is -0.473 e. The van der Waals surface area contributed by atoms with Crippen LogP contribution in [0.4, 0.5) is 20.2 Å². The van der Waals surface area contributed by atoms with Crippen LogP contribution in [0.25, 0.3) is 16.6 Å². The van der Waals surface area contributed by atoms with Crippen LogP contribution in [0.3, 0.4) is 0 Å². The summed E-state index contributed by atoms with van der Waals surface area (Å²) in [5.74, 6) is 0.666. The molecule has 2 aromatic heterocycles. The summed E-state index contributed by atoms with van der Waals surface area (Å²) in [4.78, 5) is 34.5. The zero-order valence-electron chi connectivity index (χ0n) is 33.7. The number of anilines is 2. The van der Waals surface area contributed by atoms with Crippen LogP contribution in [0.15, 0.2) is 72.8 Å². The monoisotopic (exact) mass is 812 g/mol. The molecule has 306 valence electrons. The molecule has 4 heterocycles. The highest BCUT2D eigenvalue weighted by molar-refractivity contribution is 6.30. The summed E-state index contributed by atoms with van der Waals surface area (Å²) in [5.41, 5.74) is 6.76. The minimum atomic E-state index is -0.400. The van der Waals surface area contributed by atoms with Crippen LogP contribution in [0, 0.1) is 18.6 Å². The molecule has 1 fully saturated rings. The molecule has 58 heavy (non-hydrogen) atoms. The molecule has 0 radical (unpaired) electrons. The fraction of sp³-hybridized carbons (Fsp3) is 0.378. The van der Waals surface area contributed by atoms with Crippen LogP contribution in [-0.4, -0.2) is 57.6 Å². The second-order valence-corrected chi connectivity index (χ2v) is 15.0. The first-order valence-corrected chi connectivity index (χ1v) is 20.3. The van der Waals surface area contributed by atoms with Crippen molar-refractivity contribution in [2.75, 3.05) is 30.3 Å². The Morgan fingerprint density at radius 3 is 2.57 bits per heavy atom. The predicted octanol–water partition coefficient (Wildman–Crippen LogP) is 9.62. The number of ether oxygens (including phenoxy) is 2. The number of halogens is 3. The lowest BCUT2D eigenvalue weighted by molar-refractivity contribution is -0.117. The normalized spacial score (nSPS) is 15.7. The number of carbonyl (C=O) groups is 2. The van der Waals surface area contributed by atoms with E-state index in [2.05, 4.69) is 45.0 Å². The number of hydrogen-bond donors (Lipinski definition) is 2. The van der Waals surface area contributed by atoms with E-state index in [1.165, 1.54) is 12.1 Å². The summed E-state index contributed by atoms with van der Waals surface area (Å²) in [6, 6.07) is 19.4. The van der Waals surface area contributed by atoms with Crippen molar-refractivity contribution in [3.8, 4) is 5.88 Å². The number of amides is 2. The highest BCUT2D eigenvalue weighted by atomic mass is 35.5. The maximum atomic E-state index is 14.1. The molecule has 1 spiro atoms. The fourth-order valence-electron chi connectivity index (χ4n) is 7.27. The van der Waals surface area contributed by atoms with Gasteiger partial charge in [-0.25, -0.2) is 18.7 Å². The molecule has 2 aliphatic heterocycles. The Morgan fingerprint density at radius 2 is 1.86 bits per heavy atom. The van der Waals surface area contributed by atoms with Gasteiger partial charge in [-0.15, -0.1) is 0 Å².